The predicted octanol–water partition coefficient (Wildman–Crippen LogP) is 3.83. The van der Waals surface area contributed by atoms with Crippen LogP contribution in [0, 0.1) is 12.8 Å². The lowest BCUT2D eigenvalue weighted by molar-refractivity contribution is 0.462. The summed E-state index contributed by atoms with van der Waals surface area (Å²) in [6, 6.07) is 11.8. The van der Waals surface area contributed by atoms with Crippen molar-refractivity contribution in [1.29, 1.82) is 0 Å². The molecular weight excluding hydrogens is 392 g/mol. The van der Waals surface area contributed by atoms with Gasteiger partial charge in [-0.15, -0.1) is 0 Å². The van der Waals surface area contributed by atoms with Crippen LogP contribution in [0.4, 0.5) is 5.82 Å². The lowest BCUT2D eigenvalue weighted by Gasteiger charge is -2.08. The van der Waals surface area contributed by atoms with Crippen molar-refractivity contribution in [3.8, 4) is 11.6 Å². The number of nitrogens with zero attached hydrogens (tertiary/aromatic N) is 4. The van der Waals surface area contributed by atoms with Crippen LogP contribution in [0.2, 0.25) is 0 Å². The van der Waals surface area contributed by atoms with Crippen LogP contribution < -0.4 is 16.2 Å². The van der Waals surface area contributed by atoms with E-state index in [0.717, 1.165) is 17.7 Å². The van der Waals surface area contributed by atoms with Gasteiger partial charge in [-0.25, -0.2) is 19.7 Å². The van der Waals surface area contributed by atoms with Crippen molar-refractivity contribution >= 4 is 17.0 Å². The van der Waals surface area contributed by atoms with Crippen LogP contribution in [0.15, 0.2) is 47.4 Å². The van der Waals surface area contributed by atoms with Gasteiger partial charge in [0.15, 0.2) is 11.5 Å². The molecule has 0 amide bonds. The summed E-state index contributed by atoms with van der Waals surface area (Å²) < 4.78 is 7.37. The molecular formula is C23H26N6O2. The fraction of sp³-hybridized carbons (Fsp3) is 0.304. The Labute approximate surface area is 180 Å². The van der Waals surface area contributed by atoms with E-state index < -0.39 is 0 Å². The Morgan fingerprint density at radius 2 is 1.84 bits per heavy atom. The minimum atomic E-state index is -0.292. The van der Waals surface area contributed by atoms with E-state index in [-0.39, 0.29) is 11.5 Å². The van der Waals surface area contributed by atoms with Crippen molar-refractivity contribution in [2.45, 2.75) is 40.2 Å². The molecule has 3 aromatic heterocycles. The molecule has 4 rings (SSSR count). The summed E-state index contributed by atoms with van der Waals surface area (Å²) in [5.74, 6) is 2.69. The zero-order valence-electron chi connectivity index (χ0n) is 17.9. The Bertz CT molecular complexity index is 1240. The molecule has 0 atom stereocenters. The highest BCUT2D eigenvalue weighted by molar-refractivity contribution is 5.81. The first-order valence-corrected chi connectivity index (χ1v) is 10.3. The third-order valence-corrected chi connectivity index (χ3v) is 5.06. The molecule has 0 saturated heterocycles. The predicted molar refractivity (Wildman–Crippen MR) is 120 cm³/mol. The molecule has 0 spiro atoms. The molecule has 0 saturated carbocycles. The van der Waals surface area contributed by atoms with Crippen LogP contribution in [-0.4, -0.2) is 24.5 Å². The van der Waals surface area contributed by atoms with Gasteiger partial charge < -0.3 is 15.5 Å². The number of nitrogens with one attached hydrogen (secondary N) is 1. The number of hydrogen-bond donors (Lipinski definition) is 2. The van der Waals surface area contributed by atoms with Crippen molar-refractivity contribution in [2.75, 3.05) is 5.73 Å². The van der Waals surface area contributed by atoms with E-state index in [1.165, 1.54) is 16.6 Å². The van der Waals surface area contributed by atoms with Gasteiger partial charge in [-0.2, -0.15) is 0 Å². The van der Waals surface area contributed by atoms with Gasteiger partial charge in [0.2, 0.25) is 5.88 Å². The Kier molecular flexibility index (Phi) is 5.70. The summed E-state index contributed by atoms with van der Waals surface area (Å²) in [4.78, 5) is 27.9. The fourth-order valence-electron chi connectivity index (χ4n) is 3.36. The second-order valence-electron chi connectivity index (χ2n) is 8.05. The molecule has 0 aliphatic carbocycles. The van der Waals surface area contributed by atoms with Gasteiger partial charge in [-0.3, -0.25) is 4.57 Å². The van der Waals surface area contributed by atoms with Gasteiger partial charge in [0, 0.05) is 12.3 Å². The summed E-state index contributed by atoms with van der Waals surface area (Å²) in [5, 5.41) is 0. The van der Waals surface area contributed by atoms with Crippen LogP contribution in [-0.2, 0) is 13.0 Å². The average molecular weight is 419 g/mol. The van der Waals surface area contributed by atoms with E-state index in [4.69, 9.17) is 10.5 Å². The second-order valence-corrected chi connectivity index (χ2v) is 8.05. The van der Waals surface area contributed by atoms with Gasteiger partial charge in [0.05, 0.1) is 6.54 Å². The first kappa shape index (κ1) is 20.6. The number of ether oxygens (including phenoxy) is 1. The van der Waals surface area contributed by atoms with Crippen molar-refractivity contribution in [3.05, 3.63) is 70.0 Å². The molecule has 1 aromatic carbocycles. The topological polar surface area (TPSA) is 112 Å². The average Bonchev–Trinajstić information content (AvgIpc) is 3.04. The lowest BCUT2D eigenvalue weighted by atomic mass is 10.0. The number of aryl methyl sites for hydroxylation is 2. The maximum Gasteiger partial charge on any atom is 0.328 e. The minimum Gasteiger partial charge on any atom is -0.439 e. The molecule has 0 aliphatic heterocycles. The number of anilines is 1. The van der Waals surface area contributed by atoms with Gasteiger partial charge >= 0.3 is 5.69 Å². The highest BCUT2D eigenvalue weighted by Gasteiger charge is 2.13. The summed E-state index contributed by atoms with van der Waals surface area (Å²) in [5.41, 5.74) is 8.67. The molecule has 0 fully saturated rings. The normalized spacial score (nSPS) is 11.4. The van der Waals surface area contributed by atoms with Crippen LogP contribution in [0.3, 0.4) is 0 Å². The van der Waals surface area contributed by atoms with E-state index in [2.05, 4.69) is 45.9 Å². The maximum atomic E-state index is 12.4. The van der Waals surface area contributed by atoms with Crippen molar-refractivity contribution in [3.63, 3.8) is 0 Å². The first-order valence-electron chi connectivity index (χ1n) is 10.3. The third-order valence-electron chi connectivity index (χ3n) is 5.06. The van der Waals surface area contributed by atoms with Crippen LogP contribution in [0.25, 0.3) is 11.2 Å². The number of aromatic nitrogens is 5. The zero-order valence-corrected chi connectivity index (χ0v) is 17.9. The highest BCUT2D eigenvalue weighted by atomic mass is 16.5. The first-order chi connectivity index (χ1) is 14.9. The van der Waals surface area contributed by atoms with Gasteiger partial charge in [-0.05, 0) is 48.9 Å². The molecule has 31 heavy (non-hydrogen) atoms. The number of nitrogens with two attached hydrogens (primary N) is 1. The Balaban J connectivity index is 1.46. The van der Waals surface area contributed by atoms with E-state index in [9.17, 15) is 4.79 Å². The highest BCUT2D eigenvalue weighted by Crippen LogP contribution is 2.21. The van der Waals surface area contributed by atoms with Crippen LogP contribution >= 0.6 is 0 Å². The van der Waals surface area contributed by atoms with Gasteiger partial charge in [-0.1, -0.05) is 32.0 Å². The van der Waals surface area contributed by atoms with Gasteiger partial charge in [0.1, 0.15) is 17.1 Å². The molecule has 8 nitrogen and oxygen atoms in total. The molecule has 3 N–H and O–H groups in total. The Hall–Kier alpha value is -3.68. The molecule has 4 aromatic rings. The lowest BCUT2D eigenvalue weighted by Crippen LogP contribution is -2.18. The minimum absolute atomic E-state index is 0.260. The number of hydrogen-bond acceptors (Lipinski definition) is 6. The molecule has 160 valence electrons. The summed E-state index contributed by atoms with van der Waals surface area (Å²) in [7, 11) is 0. The van der Waals surface area contributed by atoms with Crippen LogP contribution in [0.1, 0.15) is 37.2 Å². The van der Waals surface area contributed by atoms with E-state index >= 15 is 0 Å². The number of rotatable bonds is 7. The van der Waals surface area contributed by atoms with Crippen molar-refractivity contribution in [2.24, 2.45) is 5.92 Å². The second kappa shape index (κ2) is 8.59. The third kappa shape index (κ3) is 4.74. The van der Waals surface area contributed by atoms with Gasteiger partial charge in [0.25, 0.3) is 0 Å². The largest absolute Gasteiger partial charge is 0.439 e. The number of aromatic amines is 1. The fourth-order valence-corrected chi connectivity index (χ4v) is 3.36. The molecule has 0 unspecified atom stereocenters. The molecule has 0 aliphatic rings. The smallest absolute Gasteiger partial charge is 0.328 e. The molecule has 0 radical (unpaired) electrons. The number of fused-ring (bicyclic) bond motifs is 1. The van der Waals surface area contributed by atoms with E-state index in [1.54, 1.807) is 19.2 Å². The quantitative estimate of drug-likeness (QED) is 0.472. The summed E-state index contributed by atoms with van der Waals surface area (Å²) in [6.45, 7) is 6.51. The Morgan fingerprint density at radius 3 is 2.52 bits per heavy atom. The molecule has 0 bridgehead atoms. The summed E-state index contributed by atoms with van der Waals surface area (Å²) in [6.07, 6.45) is 3.92. The van der Waals surface area contributed by atoms with E-state index in [1.807, 2.05) is 18.2 Å². The number of H-pyrrole nitrogens is 1. The van der Waals surface area contributed by atoms with Crippen molar-refractivity contribution < 1.29 is 4.74 Å². The number of imidazole rings is 1. The monoisotopic (exact) mass is 418 g/mol. The molecule has 8 heteroatoms. The van der Waals surface area contributed by atoms with Crippen LogP contribution in [0.5, 0.6) is 11.6 Å². The SMILES string of the molecule is Cc1nc(N)c2[nH]c(=O)n(Cc3ccc(Oc4ccc(CCC(C)C)cc4)nc3)c2n1. The van der Waals surface area contributed by atoms with E-state index in [0.29, 0.717) is 35.3 Å². The number of benzene rings is 1. The molecule has 3 heterocycles. The number of pyridine rings is 1. The standard InChI is InChI=1S/C23H26N6O2/c1-14(2)4-5-16-6-9-18(10-7-16)31-19-11-8-17(12-25-19)13-29-22-20(28-23(29)30)21(24)26-15(3)27-22/h6-12,14H,4-5,13H2,1-3H3,(H,28,30)(H2,24,26,27). The van der Waals surface area contributed by atoms with Crippen molar-refractivity contribution in [1.82, 2.24) is 24.5 Å². The number of nitrogen functional groups attached to an aromatic ring is 1. The zero-order chi connectivity index (χ0) is 22.0. The summed E-state index contributed by atoms with van der Waals surface area (Å²) >= 11 is 0. The Morgan fingerprint density at radius 1 is 1.10 bits per heavy atom. The maximum absolute atomic E-state index is 12.4.